The van der Waals surface area contributed by atoms with E-state index in [-0.39, 0.29) is 6.61 Å². The summed E-state index contributed by atoms with van der Waals surface area (Å²) in [5, 5.41) is 3.71. The van der Waals surface area contributed by atoms with E-state index in [1.807, 2.05) is 31.2 Å². The van der Waals surface area contributed by atoms with Crippen LogP contribution in [0.2, 0.25) is 5.15 Å². The molecule has 0 amide bonds. The Bertz CT molecular complexity index is 682. The fraction of sp³-hybridized carbons (Fsp3) is 0.188. The minimum Gasteiger partial charge on any atom is -0.481 e. The molecule has 1 N–H and O–H groups in total. The number of benzene rings is 1. The highest BCUT2D eigenvalue weighted by molar-refractivity contribution is 9.10. The van der Waals surface area contributed by atoms with Gasteiger partial charge in [0.2, 0.25) is 0 Å². The maximum atomic E-state index is 6.08. The van der Waals surface area contributed by atoms with Crippen LogP contribution in [0.1, 0.15) is 11.1 Å². The van der Waals surface area contributed by atoms with Crippen LogP contribution in [-0.2, 0) is 6.54 Å². The third-order valence-corrected chi connectivity index (χ3v) is 3.57. The Morgan fingerprint density at radius 1 is 1.43 bits per heavy atom. The molecule has 0 aliphatic heterocycles. The molecule has 0 fully saturated rings. The van der Waals surface area contributed by atoms with E-state index in [4.69, 9.17) is 22.8 Å². The Kier molecular flexibility index (Phi) is 5.49. The number of hydrogen-bond acceptors (Lipinski definition) is 3. The van der Waals surface area contributed by atoms with Crippen molar-refractivity contribution in [2.45, 2.75) is 13.5 Å². The Morgan fingerprint density at radius 3 is 3.00 bits per heavy atom. The number of aromatic nitrogens is 1. The smallest absolute Gasteiger partial charge is 0.152 e. The second-order valence-corrected chi connectivity index (χ2v) is 5.72. The lowest BCUT2D eigenvalue weighted by Gasteiger charge is -2.13. The van der Waals surface area contributed by atoms with Crippen LogP contribution in [0.3, 0.4) is 0 Å². The first-order valence-corrected chi connectivity index (χ1v) is 7.48. The number of rotatable bonds is 5. The lowest BCUT2D eigenvalue weighted by molar-refractivity contribution is 0.366. The largest absolute Gasteiger partial charge is 0.481 e. The van der Waals surface area contributed by atoms with E-state index in [1.165, 1.54) is 0 Å². The summed E-state index contributed by atoms with van der Waals surface area (Å²) in [6.07, 6.45) is 6.96. The minimum absolute atomic E-state index is 0.237. The number of hydrogen-bond donors (Lipinski definition) is 1. The van der Waals surface area contributed by atoms with Crippen LogP contribution in [0, 0.1) is 19.3 Å². The van der Waals surface area contributed by atoms with Gasteiger partial charge in [0, 0.05) is 22.8 Å². The average molecular weight is 366 g/mol. The average Bonchev–Trinajstić information content (AvgIpc) is 2.47. The van der Waals surface area contributed by atoms with Crippen molar-refractivity contribution in [1.29, 1.82) is 0 Å². The molecule has 1 heterocycles. The highest BCUT2D eigenvalue weighted by Gasteiger charge is 2.07. The Morgan fingerprint density at radius 2 is 2.24 bits per heavy atom. The summed E-state index contributed by atoms with van der Waals surface area (Å²) in [5.41, 5.74) is 2.82. The topological polar surface area (TPSA) is 34.1 Å². The normalized spacial score (nSPS) is 10.0. The molecule has 5 heteroatoms. The van der Waals surface area contributed by atoms with Crippen LogP contribution in [0.4, 0.5) is 5.69 Å². The molecule has 0 saturated carbocycles. The molecule has 0 atom stereocenters. The molecule has 2 aromatic rings. The molecule has 1 aromatic heterocycles. The standard InChI is InChI=1S/C16H14BrClN2O/c1-3-6-21-15-5-4-13(17)8-12(15)10-19-14-7-11(2)9-20-16(14)18/h1,4-5,7-9,19H,6,10H2,2H3. The summed E-state index contributed by atoms with van der Waals surface area (Å²) in [4.78, 5) is 4.12. The van der Waals surface area contributed by atoms with E-state index >= 15 is 0 Å². The van der Waals surface area contributed by atoms with Crippen molar-refractivity contribution in [1.82, 2.24) is 4.98 Å². The van der Waals surface area contributed by atoms with Gasteiger partial charge in [0.1, 0.15) is 12.4 Å². The molecule has 0 bridgehead atoms. The predicted octanol–water partition coefficient (Wildman–Crippen LogP) is 4.43. The van der Waals surface area contributed by atoms with Gasteiger partial charge in [-0.1, -0.05) is 33.5 Å². The zero-order valence-corrected chi connectivity index (χ0v) is 13.8. The van der Waals surface area contributed by atoms with Gasteiger partial charge < -0.3 is 10.1 Å². The van der Waals surface area contributed by atoms with Crippen molar-refractivity contribution in [2.24, 2.45) is 0 Å². The third kappa shape index (κ3) is 4.38. The first kappa shape index (κ1) is 15.7. The molecule has 0 saturated heterocycles. The van der Waals surface area contributed by atoms with Crippen LogP contribution >= 0.6 is 27.5 Å². The predicted molar refractivity (Wildman–Crippen MR) is 89.8 cm³/mol. The second-order valence-electron chi connectivity index (χ2n) is 4.45. The number of nitrogens with zero attached hydrogens (tertiary/aromatic N) is 1. The minimum atomic E-state index is 0.237. The lowest BCUT2D eigenvalue weighted by Crippen LogP contribution is -2.04. The molecule has 0 spiro atoms. The van der Waals surface area contributed by atoms with E-state index in [2.05, 4.69) is 32.2 Å². The number of halogens is 2. The number of ether oxygens (including phenoxy) is 1. The van der Waals surface area contributed by atoms with Crippen molar-refractivity contribution in [3.8, 4) is 18.1 Å². The van der Waals surface area contributed by atoms with E-state index in [1.54, 1.807) is 6.20 Å². The van der Waals surface area contributed by atoms with Crippen molar-refractivity contribution in [3.63, 3.8) is 0 Å². The molecule has 108 valence electrons. The zero-order valence-electron chi connectivity index (χ0n) is 11.5. The van der Waals surface area contributed by atoms with Gasteiger partial charge in [-0.05, 0) is 36.8 Å². The second kappa shape index (κ2) is 7.35. The van der Waals surface area contributed by atoms with Gasteiger partial charge in [-0.15, -0.1) is 6.42 Å². The van der Waals surface area contributed by atoms with E-state index in [0.717, 1.165) is 27.0 Å². The number of anilines is 1. The summed E-state index contributed by atoms with van der Waals surface area (Å²) in [6, 6.07) is 7.73. The molecule has 0 aliphatic carbocycles. The molecular formula is C16H14BrClN2O. The van der Waals surface area contributed by atoms with E-state index in [0.29, 0.717) is 11.7 Å². The fourth-order valence-electron chi connectivity index (χ4n) is 1.81. The van der Waals surface area contributed by atoms with Crippen molar-refractivity contribution < 1.29 is 4.74 Å². The van der Waals surface area contributed by atoms with Crippen molar-refractivity contribution in [3.05, 3.63) is 51.2 Å². The molecule has 2 rings (SSSR count). The maximum absolute atomic E-state index is 6.08. The summed E-state index contributed by atoms with van der Waals surface area (Å²) in [7, 11) is 0. The first-order chi connectivity index (χ1) is 10.1. The van der Waals surface area contributed by atoms with Gasteiger partial charge in [-0.3, -0.25) is 0 Å². The van der Waals surface area contributed by atoms with Crippen molar-refractivity contribution >= 4 is 33.2 Å². The molecule has 1 aromatic carbocycles. The fourth-order valence-corrected chi connectivity index (χ4v) is 2.39. The van der Waals surface area contributed by atoms with Gasteiger partial charge in [0.25, 0.3) is 0 Å². The first-order valence-electron chi connectivity index (χ1n) is 6.31. The Labute approximate surface area is 137 Å². The summed E-state index contributed by atoms with van der Waals surface area (Å²) in [5.74, 6) is 3.21. The monoisotopic (exact) mass is 364 g/mol. The number of nitrogens with one attached hydrogen (secondary N) is 1. The van der Waals surface area contributed by atoms with Crippen LogP contribution in [0.25, 0.3) is 0 Å². The highest BCUT2D eigenvalue weighted by atomic mass is 79.9. The molecule has 3 nitrogen and oxygen atoms in total. The number of pyridine rings is 1. The zero-order chi connectivity index (χ0) is 15.2. The van der Waals surface area contributed by atoms with Gasteiger partial charge in [0.05, 0.1) is 5.69 Å². The Balaban J connectivity index is 2.17. The number of aryl methyl sites for hydroxylation is 1. The summed E-state index contributed by atoms with van der Waals surface area (Å²) in [6.45, 7) is 2.76. The van der Waals surface area contributed by atoms with E-state index < -0.39 is 0 Å². The van der Waals surface area contributed by atoms with Crippen molar-refractivity contribution in [2.75, 3.05) is 11.9 Å². The van der Waals surface area contributed by atoms with E-state index in [9.17, 15) is 0 Å². The lowest BCUT2D eigenvalue weighted by atomic mass is 10.2. The quantitative estimate of drug-likeness (QED) is 0.629. The van der Waals surface area contributed by atoms with Crippen LogP contribution < -0.4 is 10.1 Å². The molecule has 21 heavy (non-hydrogen) atoms. The van der Waals surface area contributed by atoms with Crippen LogP contribution in [-0.4, -0.2) is 11.6 Å². The van der Waals surface area contributed by atoms with Gasteiger partial charge in [-0.25, -0.2) is 4.98 Å². The third-order valence-electron chi connectivity index (χ3n) is 2.78. The van der Waals surface area contributed by atoms with Gasteiger partial charge in [-0.2, -0.15) is 0 Å². The highest BCUT2D eigenvalue weighted by Crippen LogP contribution is 2.26. The van der Waals surface area contributed by atoms with Crippen LogP contribution in [0.5, 0.6) is 5.75 Å². The SMILES string of the molecule is C#CCOc1ccc(Br)cc1CNc1cc(C)cnc1Cl. The van der Waals surface area contributed by atoms with Crippen LogP contribution in [0.15, 0.2) is 34.9 Å². The molecule has 0 unspecified atom stereocenters. The van der Waals surface area contributed by atoms with Gasteiger partial charge >= 0.3 is 0 Å². The summed E-state index contributed by atoms with van der Waals surface area (Å²) >= 11 is 9.53. The Hall–Kier alpha value is -1.70. The molecule has 0 radical (unpaired) electrons. The molecule has 0 aliphatic rings. The molecular weight excluding hydrogens is 352 g/mol. The number of terminal acetylenes is 1. The summed E-state index contributed by atoms with van der Waals surface area (Å²) < 4.78 is 6.51. The maximum Gasteiger partial charge on any atom is 0.152 e. The van der Waals surface area contributed by atoms with Gasteiger partial charge in [0.15, 0.2) is 5.15 Å².